The van der Waals surface area contributed by atoms with Gasteiger partial charge in [-0.3, -0.25) is 0 Å². The fraction of sp³-hybridized carbons (Fsp3) is 1.00. The molecule has 2 fully saturated rings. The predicted molar refractivity (Wildman–Crippen MR) is 97.3 cm³/mol. The molecule has 2 saturated carbocycles. The summed E-state index contributed by atoms with van der Waals surface area (Å²) >= 11 is 0. The summed E-state index contributed by atoms with van der Waals surface area (Å²) in [6.07, 6.45) is 18.9. The van der Waals surface area contributed by atoms with Crippen LogP contribution in [0.3, 0.4) is 0 Å². The van der Waals surface area contributed by atoms with Gasteiger partial charge in [0.05, 0.1) is 0 Å². The first-order valence-electron chi connectivity index (χ1n) is 10.3. The zero-order valence-electron chi connectivity index (χ0n) is 15.0. The highest BCUT2D eigenvalue weighted by molar-refractivity contribution is 4.75. The Morgan fingerprint density at radius 2 is 1.55 bits per heavy atom. The molecule has 0 radical (unpaired) electrons. The zero-order chi connectivity index (χ0) is 15.5. The van der Waals surface area contributed by atoms with Crippen molar-refractivity contribution in [2.45, 2.75) is 96.4 Å². The molecule has 130 valence electrons. The van der Waals surface area contributed by atoms with Gasteiger partial charge in [-0.05, 0) is 70.0 Å². The Morgan fingerprint density at radius 3 is 2.32 bits per heavy atom. The van der Waals surface area contributed by atoms with E-state index in [9.17, 15) is 0 Å². The van der Waals surface area contributed by atoms with Crippen LogP contribution < -0.4 is 10.6 Å². The van der Waals surface area contributed by atoms with Crippen LogP contribution in [0.1, 0.15) is 90.4 Å². The third-order valence-corrected chi connectivity index (χ3v) is 5.90. The summed E-state index contributed by atoms with van der Waals surface area (Å²) in [6.45, 7) is 5.88. The van der Waals surface area contributed by atoms with E-state index < -0.39 is 0 Å². The number of rotatable bonds is 8. The van der Waals surface area contributed by atoms with Crippen molar-refractivity contribution in [3.8, 4) is 0 Å². The van der Waals surface area contributed by atoms with Gasteiger partial charge in [-0.15, -0.1) is 0 Å². The van der Waals surface area contributed by atoms with Gasteiger partial charge >= 0.3 is 0 Å². The molecule has 2 aliphatic rings. The quantitative estimate of drug-likeness (QED) is 0.624. The van der Waals surface area contributed by atoms with E-state index in [4.69, 9.17) is 0 Å². The van der Waals surface area contributed by atoms with Gasteiger partial charge in [-0.2, -0.15) is 0 Å². The van der Waals surface area contributed by atoms with Crippen molar-refractivity contribution in [3.63, 3.8) is 0 Å². The summed E-state index contributed by atoms with van der Waals surface area (Å²) < 4.78 is 0. The first kappa shape index (κ1) is 18.3. The van der Waals surface area contributed by atoms with Crippen LogP contribution in [0.5, 0.6) is 0 Å². The fourth-order valence-corrected chi connectivity index (χ4v) is 4.56. The van der Waals surface area contributed by atoms with Crippen LogP contribution in [0.15, 0.2) is 0 Å². The first-order valence-corrected chi connectivity index (χ1v) is 10.3. The molecule has 22 heavy (non-hydrogen) atoms. The molecular formula is C20H40N2. The Hall–Kier alpha value is -0.0800. The number of nitrogens with one attached hydrogen (secondary N) is 2. The second-order valence-electron chi connectivity index (χ2n) is 7.84. The van der Waals surface area contributed by atoms with Crippen LogP contribution in [0.25, 0.3) is 0 Å². The molecule has 0 aromatic carbocycles. The normalized spacial score (nSPS) is 28.2. The van der Waals surface area contributed by atoms with E-state index in [0.29, 0.717) is 0 Å². The molecule has 0 heterocycles. The maximum Gasteiger partial charge on any atom is 0.00670 e. The molecule has 0 spiro atoms. The monoisotopic (exact) mass is 308 g/mol. The largest absolute Gasteiger partial charge is 0.317 e. The topological polar surface area (TPSA) is 24.1 Å². The van der Waals surface area contributed by atoms with Crippen molar-refractivity contribution in [1.29, 1.82) is 0 Å². The van der Waals surface area contributed by atoms with Gasteiger partial charge in [0.2, 0.25) is 0 Å². The van der Waals surface area contributed by atoms with Crippen LogP contribution in [-0.2, 0) is 0 Å². The van der Waals surface area contributed by atoms with Gasteiger partial charge in [0.25, 0.3) is 0 Å². The third kappa shape index (κ3) is 7.46. The molecule has 0 amide bonds. The smallest absolute Gasteiger partial charge is 0.00670 e. The van der Waals surface area contributed by atoms with E-state index in [1.807, 2.05) is 0 Å². The van der Waals surface area contributed by atoms with Crippen LogP contribution in [0.2, 0.25) is 0 Å². The summed E-state index contributed by atoms with van der Waals surface area (Å²) in [5.74, 6) is 1.97. The maximum absolute atomic E-state index is 3.86. The molecule has 2 unspecified atom stereocenters. The lowest BCUT2D eigenvalue weighted by molar-refractivity contribution is 0.244. The highest BCUT2D eigenvalue weighted by Gasteiger charge is 2.21. The molecule has 2 heteroatoms. The Balaban J connectivity index is 1.53. The van der Waals surface area contributed by atoms with Gasteiger partial charge in [0.1, 0.15) is 0 Å². The van der Waals surface area contributed by atoms with E-state index in [0.717, 1.165) is 24.4 Å². The minimum Gasteiger partial charge on any atom is -0.317 e. The van der Waals surface area contributed by atoms with E-state index in [-0.39, 0.29) is 0 Å². The van der Waals surface area contributed by atoms with Gasteiger partial charge in [-0.25, -0.2) is 0 Å². The standard InChI is InChI=1S/C20H40N2/c1-2-21-17-19-11-8-10-18(16-19)12-9-15-22-20-13-6-4-3-5-7-14-20/h18-22H,2-17H2,1H3. The van der Waals surface area contributed by atoms with Crippen molar-refractivity contribution in [3.05, 3.63) is 0 Å². The highest BCUT2D eigenvalue weighted by Crippen LogP contribution is 2.31. The predicted octanol–water partition coefficient (Wildman–Crippen LogP) is 4.89. The van der Waals surface area contributed by atoms with Gasteiger partial charge < -0.3 is 10.6 Å². The average Bonchev–Trinajstić information content (AvgIpc) is 2.51. The summed E-state index contributed by atoms with van der Waals surface area (Å²) in [6, 6.07) is 0.827. The van der Waals surface area contributed by atoms with E-state index in [2.05, 4.69) is 17.6 Å². The van der Waals surface area contributed by atoms with Gasteiger partial charge in [-0.1, -0.05) is 51.9 Å². The fourth-order valence-electron chi connectivity index (χ4n) is 4.56. The second-order valence-corrected chi connectivity index (χ2v) is 7.84. The van der Waals surface area contributed by atoms with Crippen LogP contribution in [0, 0.1) is 11.8 Å². The van der Waals surface area contributed by atoms with Crippen molar-refractivity contribution in [2.24, 2.45) is 11.8 Å². The lowest BCUT2D eigenvalue weighted by Gasteiger charge is -2.29. The molecule has 2 nitrogen and oxygen atoms in total. The van der Waals surface area contributed by atoms with Crippen LogP contribution >= 0.6 is 0 Å². The summed E-state index contributed by atoms with van der Waals surface area (Å²) in [4.78, 5) is 0. The Bertz CT molecular complexity index is 258. The molecule has 2 atom stereocenters. The SMILES string of the molecule is CCNCC1CCCC(CCCNC2CCCCCCC2)C1. The lowest BCUT2D eigenvalue weighted by atomic mass is 9.79. The summed E-state index contributed by atoms with van der Waals surface area (Å²) in [5.41, 5.74) is 0. The van der Waals surface area contributed by atoms with Gasteiger partial charge in [0, 0.05) is 6.04 Å². The number of hydrogen-bond acceptors (Lipinski definition) is 2. The minimum absolute atomic E-state index is 0.827. The average molecular weight is 309 g/mol. The highest BCUT2D eigenvalue weighted by atomic mass is 14.9. The van der Waals surface area contributed by atoms with E-state index in [1.54, 1.807) is 0 Å². The molecule has 2 rings (SSSR count). The molecule has 2 aliphatic carbocycles. The second kappa shape index (κ2) is 11.5. The Kier molecular flexibility index (Phi) is 9.51. The minimum atomic E-state index is 0.827. The Labute approximate surface area is 139 Å². The van der Waals surface area contributed by atoms with Crippen molar-refractivity contribution in [2.75, 3.05) is 19.6 Å². The lowest BCUT2D eigenvalue weighted by Crippen LogP contribution is -2.31. The molecule has 0 aliphatic heterocycles. The Morgan fingerprint density at radius 1 is 0.818 bits per heavy atom. The van der Waals surface area contributed by atoms with E-state index in [1.165, 1.54) is 96.6 Å². The van der Waals surface area contributed by atoms with Crippen molar-refractivity contribution < 1.29 is 0 Å². The van der Waals surface area contributed by atoms with Crippen LogP contribution in [-0.4, -0.2) is 25.7 Å². The summed E-state index contributed by atoms with van der Waals surface area (Å²) in [7, 11) is 0. The molecule has 0 aromatic heterocycles. The van der Waals surface area contributed by atoms with Crippen molar-refractivity contribution >= 4 is 0 Å². The molecule has 2 N–H and O–H groups in total. The third-order valence-electron chi connectivity index (χ3n) is 5.90. The molecular weight excluding hydrogens is 268 g/mol. The van der Waals surface area contributed by atoms with Gasteiger partial charge in [0.15, 0.2) is 0 Å². The van der Waals surface area contributed by atoms with Crippen LogP contribution in [0.4, 0.5) is 0 Å². The van der Waals surface area contributed by atoms with Crippen molar-refractivity contribution in [1.82, 2.24) is 10.6 Å². The zero-order valence-corrected chi connectivity index (χ0v) is 15.0. The number of hydrogen-bond donors (Lipinski definition) is 2. The first-order chi connectivity index (χ1) is 10.9. The molecule has 0 bridgehead atoms. The maximum atomic E-state index is 3.86. The molecule has 0 aromatic rings. The van der Waals surface area contributed by atoms with E-state index >= 15 is 0 Å². The summed E-state index contributed by atoms with van der Waals surface area (Å²) in [5, 5.41) is 7.41. The molecule has 0 saturated heterocycles.